The van der Waals surface area contributed by atoms with E-state index < -0.39 is 5.97 Å². The molecule has 1 aromatic carbocycles. The van der Waals surface area contributed by atoms with E-state index in [9.17, 15) is 4.79 Å². The molecule has 2 N–H and O–H groups in total. The predicted molar refractivity (Wildman–Crippen MR) is 113 cm³/mol. The van der Waals surface area contributed by atoms with Crippen LogP contribution in [0.2, 0.25) is 0 Å². The molecule has 1 heterocycles. The standard InChI is InChI=1S/C24H34N2O2/c1-2-19(14-18-6-4-3-5-7-18)21-15-22(21)25-20-16-24(17-20)9-12-26(13-10-24)11-8-23(27)28/h3-7,14,20-22,25H,2,8-13,15-17H2,1H3,(H,27,28)/t21?,22-/m0/s1. The van der Waals surface area contributed by atoms with Gasteiger partial charge in [-0.2, -0.15) is 0 Å². The zero-order chi connectivity index (χ0) is 19.6. The van der Waals surface area contributed by atoms with Crippen LogP contribution in [0.25, 0.3) is 6.08 Å². The van der Waals surface area contributed by atoms with Gasteiger partial charge in [-0.3, -0.25) is 4.79 Å². The molecule has 3 aliphatic rings. The van der Waals surface area contributed by atoms with E-state index in [0.717, 1.165) is 25.4 Å². The molecule has 1 aromatic rings. The van der Waals surface area contributed by atoms with E-state index in [2.05, 4.69) is 53.5 Å². The van der Waals surface area contributed by atoms with E-state index in [1.54, 1.807) is 5.57 Å². The van der Waals surface area contributed by atoms with Gasteiger partial charge in [0.25, 0.3) is 0 Å². The number of nitrogens with zero attached hydrogens (tertiary/aromatic N) is 1. The van der Waals surface area contributed by atoms with E-state index in [1.165, 1.54) is 37.7 Å². The topological polar surface area (TPSA) is 52.6 Å². The summed E-state index contributed by atoms with van der Waals surface area (Å²) in [5, 5.41) is 12.8. The number of nitrogens with one attached hydrogen (secondary N) is 1. The van der Waals surface area contributed by atoms with Crippen LogP contribution >= 0.6 is 0 Å². The molecule has 4 heteroatoms. The summed E-state index contributed by atoms with van der Waals surface area (Å²) in [6.07, 6.45) is 10.2. The van der Waals surface area contributed by atoms with Crippen LogP contribution in [0.3, 0.4) is 0 Å². The van der Waals surface area contributed by atoms with Gasteiger partial charge in [0.05, 0.1) is 6.42 Å². The van der Waals surface area contributed by atoms with Crippen molar-refractivity contribution in [1.82, 2.24) is 10.2 Å². The Morgan fingerprint density at radius 1 is 1.25 bits per heavy atom. The number of carboxylic acid groups (broad SMARTS) is 1. The number of likely N-dealkylation sites (tertiary alicyclic amines) is 1. The number of carboxylic acids is 1. The fourth-order valence-corrected chi connectivity index (χ4v) is 5.34. The average molecular weight is 383 g/mol. The van der Waals surface area contributed by atoms with Crippen LogP contribution < -0.4 is 5.32 Å². The molecule has 152 valence electrons. The molecule has 1 spiro atoms. The maximum atomic E-state index is 10.7. The molecule has 0 amide bonds. The van der Waals surface area contributed by atoms with Crippen molar-refractivity contribution in [2.24, 2.45) is 11.3 Å². The first-order chi connectivity index (χ1) is 13.6. The monoisotopic (exact) mass is 382 g/mol. The van der Waals surface area contributed by atoms with Crippen LogP contribution in [0.15, 0.2) is 35.9 Å². The van der Waals surface area contributed by atoms with E-state index >= 15 is 0 Å². The molecule has 1 saturated heterocycles. The van der Waals surface area contributed by atoms with Crippen molar-refractivity contribution in [2.75, 3.05) is 19.6 Å². The third kappa shape index (κ3) is 4.66. The highest BCUT2D eigenvalue weighted by Crippen LogP contribution is 2.51. The molecule has 0 bridgehead atoms. The number of benzene rings is 1. The highest BCUT2D eigenvalue weighted by atomic mass is 16.4. The number of hydrogen-bond acceptors (Lipinski definition) is 3. The largest absolute Gasteiger partial charge is 0.481 e. The third-order valence-electron chi connectivity index (χ3n) is 7.19. The van der Waals surface area contributed by atoms with Gasteiger partial charge in [-0.05, 0) is 68.5 Å². The van der Waals surface area contributed by atoms with E-state index in [-0.39, 0.29) is 6.42 Å². The highest BCUT2D eigenvalue weighted by molar-refractivity contribution is 5.66. The summed E-state index contributed by atoms with van der Waals surface area (Å²) >= 11 is 0. The Morgan fingerprint density at radius 3 is 2.61 bits per heavy atom. The zero-order valence-electron chi connectivity index (χ0n) is 17.1. The van der Waals surface area contributed by atoms with Gasteiger partial charge in [0, 0.05) is 18.6 Å². The number of rotatable bonds is 8. The van der Waals surface area contributed by atoms with Gasteiger partial charge in [0.1, 0.15) is 0 Å². The normalized spacial score (nSPS) is 27.5. The molecule has 4 nitrogen and oxygen atoms in total. The molecule has 0 radical (unpaired) electrons. The molecular weight excluding hydrogens is 348 g/mol. The van der Waals surface area contributed by atoms with Crippen LogP contribution in [0.5, 0.6) is 0 Å². The van der Waals surface area contributed by atoms with Gasteiger partial charge in [0.15, 0.2) is 0 Å². The summed E-state index contributed by atoms with van der Waals surface area (Å²) in [6.45, 7) is 5.14. The van der Waals surface area contributed by atoms with Crippen molar-refractivity contribution in [3.8, 4) is 0 Å². The maximum absolute atomic E-state index is 10.7. The van der Waals surface area contributed by atoms with E-state index in [0.29, 0.717) is 24.0 Å². The highest BCUT2D eigenvalue weighted by Gasteiger charge is 2.49. The second-order valence-corrected chi connectivity index (χ2v) is 9.19. The summed E-state index contributed by atoms with van der Waals surface area (Å²) in [4.78, 5) is 13.1. The van der Waals surface area contributed by atoms with Crippen molar-refractivity contribution in [3.05, 3.63) is 41.5 Å². The predicted octanol–water partition coefficient (Wildman–Crippen LogP) is 4.18. The first kappa shape index (κ1) is 19.7. The van der Waals surface area contributed by atoms with Gasteiger partial charge in [-0.25, -0.2) is 0 Å². The molecule has 0 aromatic heterocycles. The first-order valence-corrected chi connectivity index (χ1v) is 11.0. The molecule has 1 aliphatic heterocycles. The van der Waals surface area contributed by atoms with Crippen LogP contribution in [-0.2, 0) is 4.79 Å². The Kier molecular flexibility index (Phi) is 5.88. The summed E-state index contributed by atoms with van der Waals surface area (Å²) in [5.74, 6) is 0.0413. The zero-order valence-corrected chi connectivity index (χ0v) is 17.1. The average Bonchev–Trinajstić information content (AvgIpc) is 3.44. The Balaban J connectivity index is 1.20. The number of carbonyl (C=O) groups is 1. The van der Waals surface area contributed by atoms with Crippen molar-refractivity contribution >= 4 is 12.0 Å². The second-order valence-electron chi connectivity index (χ2n) is 9.19. The van der Waals surface area contributed by atoms with Crippen molar-refractivity contribution in [3.63, 3.8) is 0 Å². The lowest BCUT2D eigenvalue weighted by atomic mass is 9.60. The SMILES string of the molecule is CCC(=Cc1ccccc1)C1C[C@@H]1NC1CC2(CCN(CCC(=O)O)CC2)C1. The first-order valence-electron chi connectivity index (χ1n) is 11.0. The molecular formula is C24H34N2O2. The molecule has 4 rings (SSSR count). The van der Waals surface area contributed by atoms with Crippen molar-refractivity contribution in [2.45, 2.75) is 64.0 Å². The van der Waals surface area contributed by atoms with E-state index in [4.69, 9.17) is 5.11 Å². The molecule has 2 atom stereocenters. The van der Waals surface area contributed by atoms with Crippen molar-refractivity contribution in [1.29, 1.82) is 0 Å². The lowest BCUT2D eigenvalue weighted by Crippen LogP contribution is -2.54. The summed E-state index contributed by atoms with van der Waals surface area (Å²) < 4.78 is 0. The molecule has 28 heavy (non-hydrogen) atoms. The van der Waals surface area contributed by atoms with Gasteiger partial charge in [0.2, 0.25) is 0 Å². The molecule has 3 fully saturated rings. The summed E-state index contributed by atoms with van der Waals surface area (Å²) in [6, 6.07) is 12.1. The summed E-state index contributed by atoms with van der Waals surface area (Å²) in [5.41, 5.74) is 3.45. The second kappa shape index (κ2) is 8.38. The molecule has 2 aliphatic carbocycles. The fraction of sp³-hybridized carbons (Fsp3) is 0.625. The Labute approximate surface area is 169 Å². The smallest absolute Gasteiger partial charge is 0.304 e. The number of aliphatic carboxylic acids is 1. The van der Waals surface area contributed by atoms with Gasteiger partial charge in [-0.15, -0.1) is 0 Å². The van der Waals surface area contributed by atoms with Gasteiger partial charge in [-0.1, -0.05) is 48.9 Å². The fourth-order valence-electron chi connectivity index (χ4n) is 5.34. The van der Waals surface area contributed by atoms with Gasteiger partial charge >= 0.3 is 5.97 Å². The third-order valence-corrected chi connectivity index (χ3v) is 7.19. The van der Waals surface area contributed by atoms with E-state index in [1.807, 2.05) is 0 Å². The lowest BCUT2D eigenvalue weighted by Gasteiger charge is -2.52. The Hall–Kier alpha value is -1.65. The summed E-state index contributed by atoms with van der Waals surface area (Å²) in [7, 11) is 0. The van der Waals surface area contributed by atoms with Crippen molar-refractivity contribution < 1.29 is 9.90 Å². The van der Waals surface area contributed by atoms with Crippen LogP contribution in [-0.4, -0.2) is 47.7 Å². The van der Waals surface area contributed by atoms with Gasteiger partial charge < -0.3 is 15.3 Å². The number of piperidine rings is 1. The minimum Gasteiger partial charge on any atom is -0.481 e. The number of hydrogen-bond donors (Lipinski definition) is 2. The van der Waals surface area contributed by atoms with Crippen LogP contribution in [0.4, 0.5) is 0 Å². The maximum Gasteiger partial charge on any atom is 0.304 e. The van der Waals surface area contributed by atoms with Crippen LogP contribution in [0, 0.1) is 11.3 Å². The minimum atomic E-state index is -0.681. The Bertz CT molecular complexity index is 699. The lowest BCUT2D eigenvalue weighted by molar-refractivity contribution is -0.137. The van der Waals surface area contributed by atoms with Crippen LogP contribution in [0.1, 0.15) is 57.4 Å². The Morgan fingerprint density at radius 2 is 1.96 bits per heavy atom. The molecule has 2 saturated carbocycles. The minimum absolute atomic E-state index is 0.274. The molecule has 1 unspecified atom stereocenters. The quantitative estimate of drug-likeness (QED) is 0.708.